The third-order valence-electron chi connectivity index (χ3n) is 7.00. The van der Waals surface area contributed by atoms with Crippen molar-refractivity contribution in [1.29, 1.82) is 0 Å². The van der Waals surface area contributed by atoms with Crippen LogP contribution in [0.5, 0.6) is 0 Å². The molecule has 2 aliphatic rings. The summed E-state index contributed by atoms with van der Waals surface area (Å²) in [5.41, 5.74) is 1.77. The van der Waals surface area contributed by atoms with E-state index in [1.54, 1.807) is 0 Å². The third-order valence-corrected chi connectivity index (χ3v) is 7.00. The summed E-state index contributed by atoms with van der Waals surface area (Å²) in [7, 11) is -0.416. The molecular weight excluding hydrogens is 369 g/mol. The molecule has 1 atom stereocenters. The van der Waals surface area contributed by atoms with Gasteiger partial charge in [0.25, 0.3) is 0 Å². The lowest BCUT2D eigenvalue weighted by Gasteiger charge is -2.38. The first-order valence-electron chi connectivity index (χ1n) is 10.8. The molecule has 2 aliphatic heterocycles. The van der Waals surface area contributed by atoms with Crippen LogP contribution in [0.2, 0.25) is 0 Å². The molecule has 0 amide bonds. The molecule has 2 heterocycles. The van der Waals surface area contributed by atoms with E-state index in [0.717, 1.165) is 6.42 Å². The molecule has 0 bridgehead atoms. The summed E-state index contributed by atoms with van der Waals surface area (Å²) >= 11 is 0. The molecule has 4 heteroatoms. The molecular formula is C26H32BNO2. The molecule has 2 aromatic carbocycles. The third kappa shape index (κ3) is 3.75. The SMILES string of the molecule is C[C@@H](Cc1ccccc1)C1(c2ccccc2)C=CN(B2OC(C)(C)C(C)(C)O2)C=C1. The first-order chi connectivity index (χ1) is 14.2. The summed E-state index contributed by atoms with van der Waals surface area (Å²) in [6.07, 6.45) is 9.86. The highest BCUT2D eigenvalue weighted by Gasteiger charge is 2.54. The van der Waals surface area contributed by atoms with Crippen LogP contribution in [-0.4, -0.2) is 23.3 Å². The lowest BCUT2D eigenvalue weighted by Crippen LogP contribution is -2.41. The number of nitrogens with zero attached hydrogens (tertiary/aromatic N) is 1. The van der Waals surface area contributed by atoms with Gasteiger partial charge in [-0.15, -0.1) is 0 Å². The molecule has 2 aromatic rings. The minimum atomic E-state index is -0.416. The maximum Gasteiger partial charge on any atom is 0.598 e. The average Bonchev–Trinajstić information content (AvgIpc) is 2.96. The van der Waals surface area contributed by atoms with Crippen LogP contribution in [0.15, 0.2) is 85.2 Å². The number of hydrogen-bond donors (Lipinski definition) is 0. The van der Waals surface area contributed by atoms with E-state index in [0.29, 0.717) is 5.92 Å². The predicted molar refractivity (Wildman–Crippen MR) is 124 cm³/mol. The van der Waals surface area contributed by atoms with Crippen LogP contribution in [0.1, 0.15) is 45.7 Å². The zero-order valence-electron chi connectivity index (χ0n) is 18.7. The van der Waals surface area contributed by atoms with Crippen LogP contribution in [0.25, 0.3) is 0 Å². The van der Waals surface area contributed by atoms with Gasteiger partial charge in [-0.25, -0.2) is 0 Å². The molecule has 4 rings (SSSR count). The monoisotopic (exact) mass is 401 g/mol. The fraction of sp³-hybridized carbons (Fsp3) is 0.385. The van der Waals surface area contributed by atoms with Gasteiger partial charge in [-0.05, 0) is 63.6 Å². The standard InChI is InChI=1S/C26H32BNO2/c1-21(20-22-12-8-6-9-13-22)26(23-14-10-7-11-15-23)16-18-28(19-17-26)27-29-24(2,3)25(4,5)30-27/h6-19,21H,20H2,1-5H3/t21-/m0/s1. The van der Waals surface area contributed by atoms with E-state index in [1.807, 2.05) is 4.81 Å². The van der Waals surface area contributed by atoms with Crippen LogP contribution >= 0.6 is 0 Å². The van der Waals surface area contributed by atoms with E-state index in [9.17, 15) is 0 Å². The van der Waals surface area contributed by atoms with E-state index >= 15 is 0 Å². The second-order valence-corrected chi connectivity index (χ2v) is 9.53. The van der Waals surface area contributed by atoms with Gasteiger partial charge in [0.15, 0.2) is 0 Å². The molecule has 0 unspecified atom stereocenters. The Hall–Kier alpha value is -2.30. The Morgan fingerprint density at radius 1 is 0.800 bits per heavy atom. The smallest absolute Gasteiger partial charge is 0.384 e. The predicted octanol–water partition coefficient (Wildman–Crippen LogP) is 5.74. The van der Waals surface area contributed by atoms with E-state index in [1.165, 1.54) is 11.1 Å². The quantitative estimate of drug-likeness (QED) is 0.597. The number of rotatable bonds is 5. The van der Waals surface area contributed by atoms with Crippen LogP contribution in [-0.2, 0) is 21.1 Å². The molecule has 0 saturated carbocycles. The molecule has 0 spiro atoms. The largest absolute Gasteiger partial charge is 0.598 e. The van der Waals surface area contributed by atoms with Gasteiger partial charge >= 0.3 is 7.25 Å². The number of allylic oxidation sites excluding steroid dienone is 2. The average molecular weight is 401 g/mol. The maximum atomic E-state index is 6.23. The van der Waals surface area contributed by atoms with Crippen molar-refractivity contribution in [2.75, 3.05) is 0 Å². The minimum absolute atomic E-state index is 0.183. The van der Waals surface area contributed by atoms with Crippen LogP contribution < -0.4 is 0 Å². The highest BCUT2D eigenvalue weighted by atomic mass is 16.7. The minimum Gasteiger partial charge on any atom is -0.384 e. The molecule has 3 nitrogen and oxygen atoms in total. The number of benzene rings is 2. The van der Waals surface area contributed by atoms with E-state index in [4.69, 9.17) is 9.31 Å². The first kappa shape index (κ1) is 21.0. The molecule has 0 aliphatic carbocycles. The fourth-order valence-electron chi connectivity index (χ4n) is 4.27. The highest BCUT2D eigenvalue weighted by Crippen LogP contribution is 2.42. The highest BCUT2D eigenvalue weighted by molar-refractivity contribution is 6.43. The maximum absolute atomic E-state index is 6.23. The van der Waals surface area contributed by atoms with E-state index in [-0.39, 0.29) is 16.6 Å². The van der Waals surface area contributed by atoms with Crippen molar-refractivity contribution >= 4 is 7.25 Å². The van der Waals surface area contributed by atoms with Crippen molar-refractivity contribution < 1.29 is 9.31 Å². The molecule has 0 aromatic heterocycles. The summed E-state index contributed by atoms with van der Waals surface area (Å²) in [4.78, 5) is 2.03. The van der Waals surface area contributed by atoms with Crippen molar-refractivity contribution in [2.45, 2.75) is 57.7 Å². The van der Waals surface area contributed by atoms with Gasteiger partial charge in [0.05, 0.1) is 11.2 Å². The Balaban J connectivity index is 1.62. The normalized spacial score (nSPS) is 22.3. The van der Waals surface area contributed by atoms with Crippen LogP contribution in [0.4, 0.5) is 0 Å². The van der Waals surface area contributed by atoms with E-state index in [2.05, 4.69) is 120 Å². The second-order valence-electron chi connectivity index (χ2n) is 9.53. The summed E-state index contributed by atoms with van der Waals surface area (Å²) in [6.45, 7) is 10.7. The fourth-order valence-corrected chi connectivity index (χ4v) is 4.27. The Morgan fingerprint density at radius 3 is 1.83 bits per heavy atom. The summed E-state index contributed by atoms with van der Waals surface area (Å²) in [6, 6.07) is 21.5. The summed E-state index contributed by atoms with van der Waals surface area (Å²) in [5.74, 6) is 0.384. The molecule has 30 heavy (non-hydrogen) atoms. The number of hydrogen-bond acceptors (Lipinski definition) is 3. The van der Waals surface area contributed by atoms with Crippen molar-refractivity contribution in [2.24, 2.45) is 5.92 Å². The van der Waals surface area contributed by atoms with Gasteiger partial charge in [-0.2, -0.15) is 0 Å². The molecule has 1 saturated heterocycles. The lowest BCUT2D eigenvalue weighted by atomic mass is 9.68. The Labute approximate surface area is 181 Å². The zero-order chi connectivity index (χ0) is 21.4. The van der Waals surface area contributed by atoms with Crippen molar-refractivity contribution in [3.05, 3.63) is 96.3 Å². The topological polar surface area (TPSA) is 21.7 Å². The van der Waals surface area contributed by atoms with Gasteiger partial charge in [-0.1, -0.05) is 79.7 Å². The molecule has 0 N–H and O–H groups in total. The van der Waals surface area contributed by atoms with Gasteiger partial charge in [0.2, 0.25) is 0 Å². The van der Waals surface area contributed by atoms with Crippen molar-refractivity contribution in [3.8, 4) is 0 Å². The van der Waals surface area contributed by atoms with Crippen molar-refractivity contribution in [1.82, 2.24) is 4.81 Å². The summed E-state index contributed by atoms with van der Waals surface area (Å²) in [5, 5.41) is 0. The van der Waals surface area contributed by atoms with Crippen molar-refractivity contribution in [3.63, 3.8) is 0 Å². The lowest BCUT2D eigenvalue weighted by molar-refractivity contribution is 0.00578. The van der Waals surface area contributed by atoms with Gasteiger partial charge in [0.1, 0.15) is 0 Å². The Bertz CT molecular complexity index is 891. The molecule has 0 radical (unpaired) electrons. The molecule has 156 valence electrons. The van der Waals surface area contributed by atoms with E-state index < -0.39 is 7.25 Å². The van der Waals surface area contributed by atoms with Crippen LogP contribution in [0, 0.1) is 5.92 Å². The Kier molecular flexibility index (Phi) is 5.42. The molecule has 1 fully saturated rings. The second kappa shape index (κ2) is 7.75. The summed E-state index contributed by atoms with van der Waals surface area (Å²) < 4.78 is 12.5. The van der Waals surface area contributed by atoms with Gasteiger partial charge < -0.3 is 14.1 Å². The van der Waals surface area contributed by atoms with Gasteiger partial charge in [-0.3, -0.25) is 0 Å². The Morgan fingerprint density at radius 2 is 1.30 bits per heavy atom. The first-order valence-corrected chi connectivity index (χ1v) is 10.8. The zero-order valence-corrected chi connectivity index (χ0v) is 18.7. The van der Waals surface area contributed by atoms with Gasteiger partial charge in [0, 0.05) is 5.41 Å². The van der Waals surface area contributed by atoms with Crippen LogP contribution in [0.3, 0.4) is 0 Å².